The second-order valence-electron chi connectivity index (χ2n) is 4.63. The molecule has 0 fully saturated rings. The summed E-state index contributed by atoms with van der Waals surface area (Å²) >= 11 is 3.51. The molecule has 0 bridgehead atoms. The Bertz CT molecular complexity index is 474. The van der Waals surface area contributed by atoms with E-state index in [9.17, 15) is 0 Å². The normalized spacial score (nSPS) is 12.1. The minimum Gasteiger partial charge on any atom is -0.493 e. The Labute approximate surface area is 123 Å². The Morgan fingerprint density at radius 3 is 2.16 bits per heavy atom. The fourth-order valence-corrected chi connectivity index (χ4v) is 2.50. The van der Waals surface area contributed by atoms with Gasteiger partial charge in [0, 0.05) is 11.2 Å². The predicted octanol–water partition coefficient (Wildman–Crippen LogP) is 5.15. The highest BCUT2D eigenvalue weighted by atomic mass is 79.9. The highest BCUT2D eigenvalue weighted by molar-refractivity contribution is 9.09. The maximum Gasteiger partial charge on any atom is 0.119 e. The van der Waals surface area contributed by atoms with E-state index in [2.05, 4.69) is 59.3 Å². The summed E-state index contributed by atoms with van der Waals surface area (Å²) in [5, 5.41) is 0.992. The first-order chi connectivity index (χ1) is 9.33. The molecule has 0 aromatic heterocycles. The average Bonchev–Trinajstić information content (AvgIpc) is 2.50. The fraction of sp³-hybridized carbons (Fsp3) is 0.294. The van der Waals surface area contributed by atoms with Crippen LogP contribution >= 0.6 is 15.9 Å². The number of hydrogen-bond donors (Lipinski definition) is 0. The Morgan fingerprint density at radius 2 is 1.58 bits per heavy atom. The molecule has 0 saturated heterocycles. The van der Waals surface area contributed by atoms with E-state index in [0.29, 0.717) is 5.92 Å². The fourth-order valence-electron chi connectivity index (χ4n) is 1.86. The number of rotatable bonds is 6. The second-order valence-corrected chi connectivity index (χ2v) is 5.28. The first-order valence-corrected chi connectivity index (χ1v) is 7.80. The molecule has 0 heterocycles. The standard InChI is InChI=1S/C17H19BrO/c1-2-14(12-18)13-19-17-10-8-16(9-11-17)15-6-4-3-5-7-15/h3-11,14H,2,12-13H2,1H3. The van der Waals surface area contributed by atoms with Gasteiger partial charge in [-0.15, -0.1) is 0 Å². The highest BCUT2D eigenvalue weighted by Crippen LogP contribution is 2.22. The largest absolute Gasteiger partial charge is 0.493 e. The molecule has 1 atom stereocenters. The lowest BCUT2D eigenvalue weighted by molar-refractivity contribution is 0.260. The van der Waals surface area contributed by atoms with Gasteiger partial charge in [-0.2, -0.15) is 0 Å². The van der Waals surface area contributed by atoms with E-state index in [1.165, 1.54) is 11.1 Å². The molecular formula is C17H19BrO. The maximum atomic E-state index is 5.81. The van der Waals surface area contributed by atoms with Crippen molar-refractivity contribution in [2.75, 3.05) is 11.9 Å². The third-order valence-electron chi connectivity index (χ3n) is 3.24. The van der Waals surface area contributed by atoms with Crippen LogP contribution in [0.1, 0.15) is 13.3 Å². The van der Waals surface area contributed by atoms with Crippen molar-refractivity contribution in [2.45, 2.75) is 13.3 Å². The second kappa shape index (κ2) is 7.34. The number of hydrogen-bond acceptors (Lipinski definition) is 1. The number of benzene rings is 2. The van der Waals surface area contributed by atoms with Gasteiger partial charge in [0.1, 0.15) is 5.75 Å². The molecule has 100 valence electrons. The lowest BCUT2D eigenvalue weighted by Gasteiger charge is -2.13. The van der Waals surface area contributed by atoms with Crippen LogP contribution in [0.25, 0.3) is 11.1 Å². The van der Waals surface area contributed by atoms with Crippen LogP contribution in [-0.2, 0) is 0 Å². The van der Waals surface area contributed by atoms with Crippen molar-refractivity contribution in [1.29, 1.82) is 0 Å². The molecule has 0 aliphatic heterocycles. The third kappa shape index (κ3) is 4.10. The van der Waals surface area contributed by atoms with Crippen molar-refractivity contribution in [2.24, 2.45) is 5.92 Å². The first kappa shape index (κ1) is 14.1. The zero-order valence-electron chi connectivity index (χ0n) is 11.2. The molecule has 0 spiro atoms. The monoisotopic (exact) mass is 318 g/mol. The van der Waals surface area contributed by atoms with Gasteiger partial charge in [0.05, 0.1) is 6.61 Å². The summed E-state index contributed by atoms with van der Waals surface area (Å²) < 4.78 is 5.81. The summed E-state index contributed by atoms with van der Waals surface area (Å²) in [6.45, 7) is 2.96. The van der Waals surface area contributed by atoms with Gasteiger partial charge in [-0.3, -0.25) is 0 Å². The molecule has 2 rings (SSSR count). The summed E-state index contributed by atoms with van der Waals surface area (Å²) in [5.41, 5.74) is 2.46. The molecule has 2 heteroatoms. The molecule has 0 aliphatic carbocycles. The smallest absolute Gasteiger partial charge is 0.119 e. The van der Waals surface area contributed by atoms with Gasteiger partial charge < -0.3 is 4.74 Å². The van der Waals surface area contributed by atoms with Gasteiger partial charge in [-0.25, -0.2) is 0 Å². The summed E-state index contributed by atoms with van der Waals surface area (Å²) in [7, 11) is 0. The molecule has 0 radical (unpaired) electrons. The number of ether oxygens (including phenoxy) is 1. The van der Waals surface area contributed by atoms with E-state index in [-0.39, 0.29) is 0 Å². The van der Waals surface area contributed by atoms with E-state index in [1.807, 2.05) is 18.2 Å². The molecule has 0 N–H and O–H groups in total. The van der Waals surface area contributed by atoms with Gasteiger partial charge in [0.2, 0.25) is 0 Å². The van der Waals surface area contributed by atoms with Crippen molar-refractivity contribution in [1.82, 2.24) is 0 Å². The van der Waals surface area contributed by atoms with Crippen molar-refractivity contribution in [3.05, 3.63) is 54.6 Å². The van der Waals surface area contributed by atoms with E-state index in [1.54, 1.807) is 0 Å². The minimum atomic E-state index is 0.578. The molecule has 0 saturated carbocycles. The Balaban J connectivity index is 1.99. The van der Waals surface area contributed by atoms with Crippen LogP contribution in [0.5, 0.6) is 5.75 Å². The molecule has 1 unspecified atom stereocenters. The Hall–Kier alpha value is -1.28. The lowest BCUT2D eigenvalue weighted by atomic mass is 10.1. The average molecular weight is 319 g/mol. The van der Waals surface area contributed by atoms with Crippen LogP contribution in [0.15, 0.2) is 54.6 Å². The molecule has 19 heavy (non-hydrogen) atoms. The van der Waals surface area contributed by atoms with Crippen molar-refractivity contribution >= 4 is 15.9 Å². The maximum absolute atomic E-state index is 5.81. The topological polar surface area (TPSA) is 9.23 Å². The Kier molecular flexibility index (Phi) is 5.46. The highest BCUT2D eigenvalue weighted by Gasteiger charge is 2.05. The van der Waals surface area contributed by atoms with E-state index < -0.39 is 0 Å². The van der Waals surface area contributed by atoms with Crippen LogP contribution < -0.4 is 4.74 Å². The molecule has 2 aromatic rings. The minimum absolute atomic E-state index is 0.578. The first-order valence-electron chi connectivity index (χ1n) is 6.67. The van der Waals surface area contributed by atoms with E-state index >= 15 is 0 Å². The molecule has 0 aliphatic rings. The summed E-state index contributed by atoms with van der Waals surface area (Å²) in [6, 6.07) is 18.7. The van der Waals surface area contributed by atoms with Crippen molar-refractivity contribution < 1.29 is 4.74 Å². The van der Waals surface area contributed by atoms with Gasteiger partial charge >= 0.3 is 0 Å². The Morgan fingerprint density at radius 1 is 0.947 bits per heavy atom. The van der Waals surface area contributed by atoms with Gasteiger partial charge in [-0.05, 0) is 29.7 Å². The zero-order valence-corrected chi connectivity index (χ0v) is 12.8. The molecule has 0 amide bonds. The van der Waals surface area contributed by atoms with Crippen LogP contribution in [0.3, 0.4) is 0 Å². The van der Waals surface area contributed by atoms with Crippen molar-refractivity contribution in [3.8, 4) is 16.9 Å². The van der Waals surface area contributed by atoms with Gasteiger partial charge in [-0.1, -0.05) is 65.3 Å². The lowest BCUT2D eigenvalue weighted by Crippen LogP contribution is -2.12. The summed E-state index contributed by atoms with van der Waals surface area (Å²) in [5.74, 6) is 1.52. The van der Waals surface area contributed by atoms with E-state index in [4.69, 9.17) is 4.74 Å². The van der Waals surface area contributed by atoms with Crippen molar-refractivity contribution in [3.63, 3.8) is 0 Å². The van der Waals surface area contributed by atoms with Crippen LogP contribution in [0.4, 0.5) is 0 Å². The number of halogens is 1. The summed E-state index contributed by atoms with van der Waals surface area (Å²) in [6.07, 6.45) is 1.13. The summed E-state index contributed by atoms with van der Waals surface area (Å²) in [4.78, 5) is 0. The third-order valence-corrected chi connectivity index (χ3v) is 4.16. The van der Waals surface area contributed by atoms with Gasteiger partial charge in [0.25, 0.3) is 0 Å². The molecular weight excluding hydrogens is 300 g/mol. The predicted molar refractivity (Wildman–Crippen MR) is 84.9 cm³/mol. The zero-order chi connectivity index (χ0) is 13.5. The van der Waals surface area contributed by atoms with Crippen LogP contribution in [0.2, 0.25) is 0 Å². The van der Waals surface area contributed by atoms with Gasteiger partial charge in [0.15, 0.2) is 0 Å². The molecule has 1 nitrogen and oxygen atoms in total. The number of alkyl halides is 1. The van der Waals surface area contributed by atoms with Crippen LogP contribution in [0, 0.1) is 5.92 Å². The SMILES string of the molecule is CCC(CBr)COc1ccc(-c2ccccc2)cc1. The van der Waals surface area contributed by atoms with E-state index in [0.717, 1.165) is 24.1 Å². The van der Waals surface area contributed by atoms with Crippen LogP contribution in [-0.4, -0.2) is 11.9 Å². The molecule has 2 aromatic carbocycles. The quantitative estimate of drug-likeness (QED) is 0.669.